The third-order valence-electron chi connectivity index (χ3n) is 4.34. The van der Waals surface area contributed by atoms with Gasteiger partial charge in [0, 0.05) is 35.3 Å². The minimum absolute atomic E-state index is 0.0431. The number of carbonyl (C=O) groups is 1. The highest BCUT2D eigenvalue weighted by Gasteiger charge is 2.20. The van der Waals surface area contributed by atoms with E-state index in [1.54, 1.807) is 12.4 Å². The van der Waals surface area contributed by atoms with Crippen LogP contribution in [0.4, 0.5) is 0 Å². The third-order valence-corrected chi connectivity index (χ3v) is 4.34. The van der Waals surface area contributed by atoms with Crippen molar-refractivity contribution in [2.45, 2.75) is 13.8 Å². The molecule has 142 valence electrons. The van der Waals surface area contributed by atoms with Gasteiger partial charge in [-0.25, -0.2) is 4.98 Å². The Labute approximate surface area is 159 Å². The normalized spacial score (nSPS) is 11.9. The van der Waals surface area contributed by atoms with Gasteiger partial charge in [-0.3, -0.25) is 4.79 Å². The van der Waals surface area contributed by atoms with Crippen LogP contribution in [0.3, 0.4) is 0 Å². The summed E-state index contributed by atoms with van der Waals surface area (Å²) in [6.45, 7) is 5.93. The summed E-state index contributed by atoms with van der Waals surface area (Å²) >= 11 is 0. The number of rotatable bonds is 7. The molecule has 3 N–H and O–H groups in total. The van der Waals surface area contributed by atoms with Crippen LogP contribution in [-0.2, 0) is 0 Å². The van der Waals surface area contributed by atoms with E-state index in [1.807, 2.05) is 30.3 Å². The second-order valence-electron chi connectivity index (χ2n) is 7.91. The van der Waals surface area contributed by atoms with Gasteiger partial charge < -0.3 is 20.4 Å². The first-order valence-electron chi connectivity index (χ1n) is 8.90. The molecule has 0 spiro atoms. The quantitative estimate of drug-likeness (QED) is 0.672. The highest BCUT2D eigenvalue weighted by Crippen LogP contribution is 2.28. The lowest BCUT2D eigenvalue weighted by molar-refractivity contribution is 0.100. The largest absolute Gasteiger partial charge is 0.493 e. The number of nitrogens with one attached hydrogen (secondary N) is 1. The summed E-state index contributed by atoms with van der Waals surface area (Å²) in [5.41, 5.74) is 8.45. The molecular formula is C21H26N4O2. The number of carbonyl (C=O) groups excluding carboxylic acids is 1. The Morgan fingerprint density at radius 1 is 1.26 bits per heavy atom. The molecule has 0 atom stereocenters. The molecule has 0 saturated carbocycles. The van der Waals surface area contributed by atoms with E-state index in [2.05, 4.69) is 42.8 Å². The number of aromatic amines is 1. The predicted octanol–water partition coefficient (Wildman–Crippen LogP) is 3.30. The Balaban J connectivity index is 1.84. The van der Waals surface area contributed by atoms with Gasteiger partial charge in [0.2, 0.25) is 0 Å². The smallest absolute Gasteiger partial charge is 0.250 e. The molecule has 0 aliphatic rings. The molecule has 6 heteroatoms. The molecule has 3 aromatic rings. The van der Waals surface area contributed by atoms with Gasteiger partial charge in [0.05, 0.1) is 12.2 Å². The van der Waals surface area contributed by atoms with Crippen molar-refractivity contribution in [1.29, 1.82) is 0 Å². The lowest BCUT2D eigenvalue weighted by Gasteiger charge is -2.28. The van der Waals surface area contributed by atoms with Gasteiger partial charge in [-0.2, -0.15) is 0 Å². The van der Waals surface area contributed by atoms with E-state index in [9.17, 15) is 4.79 Å². The molecule has 1 aromatic carbocycles. The average Bonchev–Trinajstić information content (AvgIpc) is 3.02. The van der Waals surface area contributed by atoms with Gasteiger partial charge in [0.15, 0.2) is 0 Å². The molecule has 6 nitrogen and oxygen atoms in total. The molecule has 1 amide bonds. The van der Waals surface area contributed by atoms with Crippen molar-refractivity contribution in [2.24, 2.45) is 11.1 Å². The number of ether oxygens (including phenoxy) is 1. The van der Waals surface area contributed by atoms with Crippen LogP contribution in [0.25, 0.3) is 22.2 Å². The zero-order valence-electron chi connectivity index (χ0n) is 16.2. The fourth-order valence-corrected chi connectivity index (χ4v) is 3.31. The first-order chi connectivity index (χ1) is 12.7. The number of aromatic nitrogens is 2. The van der Waals surface area contributed by atoms with Gasteiger partial charge in [0.1, 0.15) is 11.4 Å². The molecule has 2 aromatic heterocycles. The SMILES string of the molecule is CN(C)CC(C)(C)COc1cccc(-c2cnc3[nH]cc(C(N)=O)c3c2)c1. The van der Waals surface area contributed by atoms with Crippen LogP contribution in [0.5, 0.6) is 5.75 Å². The maximum atomic E-state index is 11.6. The number of primary amides is 1. The zero-order valence-corrected chi connectivity index (χ0v) is 16.2. The van der Waals surface area contributed by atoms with E-state index in [0.717, 1.165) is 28.8 Å². The lowest BCUT2D eigenvalue weighted by Crippen LogP contribution is -2.33. The van der Waals surface area contributed by atoms with E-state index < -0.39 is 5.91 Å². The van der Waals surface area contributed by atoms with Gasteiger partial charge in [-0.1, -0.05) is 26.0 Å². The second-order valence-corrected chi connectivity index (χ2v) is 7.91. The van der Waals surface area contributed by atoms with Gasteiger partial charge in [-0.05, 0) is 37.9 Å². The minimum atomic E-state index is -0.472. The van der Waals surface area contributed by atoms with Crippen LogP contribution in [0.15, 0.2) is 42.7 Å². The van der Waals surface area contributed by atoms with Gasteiger partial charge >= 0.3 is 0 Å². The number of nitrogens with zero attached hydrogens (tertiary/aromatic N) is 2. The maximum Gasteiger partial charge on any atom is 0.250 e. The molecule has 2 heterocycles. The Kier molecular flexibility index (Phi) is 5.19. The number of amides is 1. The molecule has 0 unspecified atom stereocenters. The van der Waals surface area contributed by atoms with Gasteiger partial charge in [0.25, 0.3) is 5.91 Å². The number of hydrogen-bond acceptors (Lipinski definition) is 4. The number of H-pyrrole nitrogens is 1. The van der Waals surface area contributed by atoms with Crippen LogP contribution in [0.1, 0.15) is 24.2 Å². The Bertz CT molecular complexity index is 960. The van der Waals surface area contributed by atoms with Crippen molar-refractivity contribution in [3.05, 3.63) is 48.3 Å². The van der Waals surface area contributed by atoms with Crippen LogP contribution in [-0.4, -0.2) is 48.0 Å². The van der Waals surface area contributed by atoms with Crippen LogP contribution < -0.4 is 10.5 Å². The first kappa shape index (κ1) is 18.9. The predicted molar refractivity (Wildman–Crippen MR) is 108 cm³/mol. The standard InChI is InChI=1S/C21H26N4O2/c1-21(2,12-25(3)4)13-27-16-7-5-6-14(8-16)15-9-17-18(19(22)26)11-24-20(17)23-10-15/h5-11H,12-13H2,1-4H3,(H2,22,26)(H,23,24). The zero-order chi connectivity index (χ0) is 19.6. The van der Waals surface area contributed by atoms with Crippen LogP contribution in [0, 0.1) is 5.41 Å². The summed E-state index contributed by atoms with van der Waals surface area (Å²) < 4.78 is 6.04. The number of pyridine rings is 1. The topological polar surface area (TPSA) is 84.2 Å². The maximum absolute atomic E-state index is 11.6. The molecule has 0 bridgehead atoms. The number of nitrogens with two attached hydrogens (primary N) is 1. The van der Waals surface area contributed by atoms with Crippen molar-refractivity contribution in [2.75, 3.05) is 27.2 Å². The number of hydrogen-bond donors (Lipinski definition) is 2. The number of fused-ring (bicyclic) bond motifs is 1. The highest BCUT2D eigenvalue weighted by molar-refractivity contribution is 6.05. The fourth-order valence-electron chi connectivity index (χ4n) is 3.31. The molecule has 0 aliphatic heterocycles. The fraction of sp³-hybridized carbons (Fsp3) is 0.333. The van der Waals surface area contributed by atoms with E-state index in [1.165, 1.54) is 0 Å². The second kappa shape index (κ2) is 7.40. The van der Waals surface area contributed by atoms with Crippen LogP contribution >= 0.6 is 0 Å². The average molecular weight is 366 g/mol. The number of benzene rings is 1. The van der Waals surface area contributed by atoms with E-state index in [0.29, 0.717) is 17.8 Å². The van der Waals surface area contributed by atoms with E-state index in [4.69, 9.17) is 10.5 Å². The molecular weight excluding hydrogens is 340 g/mol. The summed E-state index contributed by atoms with van der Waals surface area (Å²) in [5.74, 6) is 0.337. The molecule has 0 radical (unpaired) electrons. The molecule has 3 rings (SSSR count). The summed E-state index contributed by atoms with van der Waals surface area (Å²) in [6.07, 6.45) is 3.37. The van der Waals surface area contributed by atoms with Crippen molar-refractivity contribution < 1.29 is 9.53 Å². The van der Waals surface area contributed by atoms with Crippen LogP contribution in [0.2, 0.25) is 0 Å². The summed E-state index contributed by atoms with van der Waals surface area (Å²) in [7, 11) is 4.12. The Hall–Kier alpha value is -2.86. The Morgan fingerprint density at radius 3 is 2.74 bits per heavy atom. The molecule has 0 saturated heterocycles. The van der Waals surface area contributed by atoms with E-state index >= 15 is 0 Å². The highest BCUT2D eigenvalue weighted by atomic mass is 16.5. The minimum Gasteiger partial charge on any atom is -0.493 e. The lowest BCUT2D eigenvalue weighted by atomic mass is 9.94. The monoisotopic (exact) mass is 366 g/mol. The summed E-state index contributed by atoms with van der Waals surface area (Å²) in [5, 5.41) is 0.721. The Morgan fingerprint density at radius 2 is 2.04 bits per heavy atom. The molecule has 27 heavy (non-hydrogen) atoms. The summed E-state index contributed by atoms with van der Waals surface area (Å²) in [4.78, 5) is 21.1. The van der Waals surface area contributed by atoms with Crippen molar-refractivity contribution >= 4 is 16.9 Å². The third kappa shape index (κ3) is 4.46. The van der Waals surface area contributed by atoms with Crippen molar-refractivity contribution in [3.8, 4) is 16.9 Å². The summed E-state index contributed by atoms with van der Waals surface area (Å²) in [6, 6.07) is 9.82. The van der Waals surface area contributed by atoms with E-state index in [-0.39, 0.29) is 5.41 Å². The molecule has 0 fully saturated rings. The molecule has 0 aliphatic carbocycles. The van der Waals surface area contributed by atoms with Crippen molar-refractivity contribution in [1.82, 2.24) is 14.9 Å². The first-order valence-corrected chi connectivity index (χ1v) is 8.90. The van der Waals surface area contributed by atoms with Crippen molar-refractivity contribution in [3.63, 3.8) is 0 Å². The van der Waals surface area contributed by atoms with Gasteiger partial charge in [-0.15, -0.1) is 0 Å².